The van der Waals surface area contributed by atoms with Gasteiger partial charge < -0.3 is 18.2 Å². The summed E-state index contributed by atoms with van der Waals surface area (Å²) in [4.78, 5) is 2.38. The summed E-state index contributed by atoms with van der Waals surface area (Å²) in [5, 5.41) is 0. The molecule has 6 heteroatoms. The summed E-state index contributed by atoms with van der Waals surface area (Å²) in [5.41, 5.74) is 0. The van der Waals surface area contributed by atoms with Crippen LogP contribution in [-0.4, -0.2) is 55.2 Å². The lowest BCUT2D eigenvalue weighted by atomic mass is 10.2. The highest BCUT2D eigenvalue weighted by molar-refractivity contribution is 6.60. The lowest BCUT2D eigenvalue weighted by Crippen LogP contribution is -2.43. The standard InChI is InChI=1S/C13H31NO3Si.ClH/c1-6-7-8-9-11-14(2)12-10-13-18(15-3,16-4)17-5;/h6-13H2,1-5H3;1H. The monoisotopic (exact) mass is 313 g/mol. The molecule has 0 aliphatic heterocycles. The van der Waals surface area contributed by atoms with Gasteiger partial charge in [0, 0.05) is 27.4 Å². The van der Waals surface area contributed by atoms with E-state index in [-0.39, 0.29) is 12.4 Å². The van der Waals surface area contributed by atoms with E-state index in [4.69, 9.17) is 13.3 Å². The van der Waals surface area contributed by atoms with E-state index in [1.54, 1.807) is 21.3 Å². The average molecular weight is 314 g/mol. The van der Waals surface area contributed by atoms with E-state index in [2.05, 4.69) is 18.9 Å². The maximum atomic E-state index is 5.41. The van der Waals surface area contributed by atoms with Crippen LogP contribution in [0, 0.1) is 0 Å². The molecule has 0 aliphatic carbocycles. The third kappa shape index (κ3) is 9.82. The Hall–Kier alpha value is 0.347. The van der Waals surface area contributed by atoms with Crippen molar-refractivity contribution in [2.45, 2.75) is 45.1 Å². The molecule has 0 fully saturated rings. The Labute approximate surface area is 126 Å². The third-order valence-electron chi connectivity index (χ3n) is 3.35. The van der Waals surface area contributed by atoms with Crippen molar-refractivity contribution in [2.75, 3.05) is 41.5 Å². The van der Waals surface area contributed by atoms with Gasteiger partial charge in [0.15, 0.2) is 0 Å². The number of hydrogen-bond acceptors (Lipinski definition) is 4. The van der Waals surface area contributed by atoms with Crippen LogP contribution in [0.3, 0.4) is 0 Å². The highest BCUT2D eigenvalue weighted by atomic mass is 35.5. The highest BCUT2D eigenvalue weighted by Crippen LogP contribution is 2.15. The number of rotatable bonds is 12. The third-order valence-corrected chi connectivity index (χ3v) is 6.18. The second-order valence-electron chi connectivity index (χ2n) is 4.76. The average Bonchev–Trinajstić information content (AvgIpc) is 2.40. The molecule has 118 valence electrons. The molecule has 0 aromatic rings. The molecule has 0 amide bonds. The molecule has 0 atom stereocenters. The van der Waals surface area contributed by atoms with Gasteiger partial charge in [0.05, 0.1) is 0 Å². The van der Waals surface area contributed by atoms with E-state index in [1.807, 2.05) is 0 Å². The number of unbranched alkanes of at least 4 members (excludes halogenated alkanes) is 3. The van der Waals surface area contributed by atoms with Gasteiger partial charge in [-0.15, -0.1) is 12.4 Å². The Morgan fingerprint density at radius 1 is 0.842 bits per heavy atom. The summed E-state index contributed by atoms with van der Waals surface area (Å²) in [6.45, 7) is 4.51. The second kappa shape index (κ2) is 13.3. The topological polar surface area (TPSA) is 30.9 Å². The first-order chi connectivity index (χ1) is 8.64. The van der Waals surface area contributed by atoms with Gasteiger partial charge in [-0.1, -0.05) is 26.2 Å². The van der Waals surface area contributed by atoms with Crippen LogP contribution in [0.25, 0.3) is 0 Å². The minimum Gasteiger partial charge on any atom is -0.377 e. The predicted molar refractivity (Wildman–Crippen MR) is 85.1 cm³/mol. The van der Waals surface area contributed by atoms with Crippen LogP contribution in [0.2, 0.25) is 6.04 Å². The van der Waals surface area contributed by atoms with E-state index in [9.17, 15) is 0 Å². The summed E-state index contributed by atoms with van der Waals surface area (Å²) in [5.74, 6) is 0. The zero-order valence-corrected chi connectivity index (χ0v) is 15.1. The zero-order valence-electron chi connectivity index (χ0n) is 13.2. The van der Waals surface area contributed by atoms with E-state index in [0.717, 1.165) is 19.0 Å². The van der Waals surface area contributed by atoms with Gasteiger partial charge in [0.2, 0.25) is 0 Å². The molecular weight excluding hydrogens is 282 g/mol. The summed E-state index contributed by atoms with van der Waals surface area (Å²) in [6, 6.07) is 0.885. The second-order valence-corrected chi connectivity index (χ2v) is 7.85. The lowest BCUT2D eigenvalue weighted by Gasteiger charge is -2.25. The van der Waals surface area contributed by atoms with Crippen LogP contribution < -0.4 is 0 Å². The van der Waals surface area contributed by atoms with E-state index in [1.165, 1.54) is 32.2 Å². The van der Waals surface area contributed by atoms with Gasteiger partial charge >= 0.3 is 8.80 Å². The Kier molecular flexibility index (Phi) is 15.2. The van der Waals surface area contributed by atoms with Crippen LogP contribution in [-0.2, 0) is 13.3 Å². The van der Waals surface area contributed by atoms with Crippen molar-refractivity contribution in [3.8, 4) is 0 Å². The van der Waals surface area contributed by atoms with Crippen LogP contribution >= 0.6 is 12.4 Å². The first kappa shape index (κ1) is 21.6. The van der Waals surface area contributed by atoms with Gasteiger partial charge in [-0.05, 0) is 33.0 Å². The van der Waals surface area contributed by atoms with Crippen molar-refractivity contribution >= 4 is 21.2 Å². The molecule has 0 radical (unpaired) electrons. The van der Waals surface area contributed by atoms with Crippen LogP contribution in [0.1, 0.15) is 39.0 Å². The Balaban J connectivity index is 0. The largest absolute Gasteiger partial charge is 0.500 e. The van der Waals surface area contributed by atoms with Crippen LogP contribution in [0.15, 0.2) is 0 Å². The first-order valence-corrected chi connectivity index (χ1v) is 8.91. The molecule has 0 rings (SSSR count). The Bertz CT molecular complexity index is 186. The summed E-state index contributed by atoms with van der Waals surface area (Å²) >= 11 is 0. The molecule has 0 aromatic heterocycles. The molecule has 0 aromatic carbocycles. The van der Waals surface area contributed by atoms with Crippen molar-refractivity contribution in [1.82, 2.24) is 4.90 Å². The van der Waals surface area contributed by atoms with Gasteiger partial charge in [0.1, 0.15) is 0 Å². The van der Waals surface area contributed by atoms with Gasteiger partial charge in [-0.25, -0.2) is 0 Å². The molecule has 4 nitrogen and oxygen atoms in total. The minimum absolute atomic E-state index is 0. The molecule has 0 spiro atoms. The lowest BCUT2D eigenvalue weighted by molar-refractivity contribution is 0.122. The molecule has 0 unspecified atom stereocenters. The van der Waals surface area contributed by atoms with Gasteiger partial charge in [0.25, 0.3) is 0 Å². The Morgan fingerprint density at radius 3 is 1.84 bits per heavy atom. The molecule has 0 aliphatic rings. The van der Waals surface area contributed by atoms with Crippen molar-refractivity contribution in [3.05, 3.63) is 0 Å². The van der Waals surface area contributed by atoms with Crippen molar-refractivity contribution in [3.63, 3.8) is 0 Å². The first-order valence-electron chi connectivity index (χ1n) is 6.98. The predicted octanol–water partition coefficient (Wildman–Crippen LogP) is 3.19. The fraction of sp³-hybridized carbons (Fsp3) is 1.00. The van der Waals surface area contributed by atoms with Crippen LogP contribution in [0.4, 0.5) is 0 Å². The number of halogens is 1. The molecule has 19 heavy (non-hydrogen) atoms. The van der Waals surface area contributed by atoms with Gasteiger partial charge in [-0.2, -0.15) is 0 Å². The maximum Gasteiger partial charge on any atom is 0.500 e. The maximum absolute atomic E-state index is 5.41. The molecule has 0 bridgehead atoms. The van der Waals surface area contributed by atoms with E-state index >= 15 is 0 Å². The quantitative estimate of drug-likeness (QED) is 0.409. The molecule has 0 saturated heterocycles. The van der Waals surface area contributed by atoms with E-state index < -0.39 is 8.80 Å². The summed E-state index contributed by atoms with van der Waals surface area (Å²) in [6.07, 6.45) is 6.35. The van der Waals surface area contributed by atoms with Crippen molar-refractivity contribution in [2.24, 2.45) is 0 Å². The molecule has 0 N–H and O–H groups in total. The summed E-state index contributed by atoms with van der Waals surface area (Å²) in [7, 11) is 4.85. The van der Waals surface area contributed by atoms with Crippen molar-refractivity contribution < 1.29 is 13.3 Å². The summed E-state index contributed by atoms with van der Waals surface area (Å²) < 4.78 is 16.2. The molecular formula is C13H32ClNO3Si. The van der Waals surface area contributed by atoms with Gasteiger partial charge in [-0.3, -0.25) is 0 Å². The molecule has 0 heterocycles. The fourth-order valence-corrected chi connectivity index (χ4v) is 3.75. The smallest absolute Gasteiger partial charge is 0.377 e. The Morgan fingerprint density at radius 2 is 1.37 bits per heavy atom. The molecule has 0 saturated carbocycles. The SMILES string of the molecule is CCCCCCN(C)CCC[Si](OC)(OC)OC.Cl. The van der Waals surface area contributed by atoms with Crippen molar-refractivity contribution in [1.29, 1.82) is 0 Å². The van der Waals surface area contributed by atoms with E-state index in [0.29, 0.717) is 0 Å². The number of nitrogens with zero attached hydrogens (tertiary/aromatic N) is 1. The normalized spacial score (nSPS) is 11.7. The fourth-order valence-electron chi connectivity index (χ4n) is 2.04. The zero-order chi connectivity index (χ0) is 13.9. The highest BCUT2D eigenvalue weighted by Gasteiger charge is 2.36. The van der Waals surface area contributed by atoms with Crippen LogP contribution in [0.5, 0.6) is 0 Å². The number of hydrogen-bond donors (Lipinski definition) is 0. The minimum atomic E-state index is -2.35.